The number of ketones is 1. The summed E-state index contributed by atoms with van der Waals surface area (Å²) in [5.74, 6) is 0.00598. The molecule has 9 heteroatoms. The Morgan fingerprint density at radius 1 is 1.12 bits per heavy atom. The van der Waals surface area contributed by atoms with Gasteiger partial charge in [-0.15, -0.1) is 0 Å². The van der Waals surface area contributed by atoms with Gasteiger partial charge >= 0.3 is 0 Å². The smallest absolute Gasteiger partial charge is 0.255 e. The van der Waals surface area contributed by atoms with Crippen LogP contribution in [-0.4, -0.2) is 40.1 Å². The SMILES string of the molecule is CCn1ncc2c(NCc3ccc(OC)c(Cl)c3)c(C(=O)NCC(=O)c3ccccc3)cnc21. The molecule has 0 spiro atoms. The van der Waals surface area contributed by atoms with Crippen molar-refractivity contribution in [2.45, 2.75) is 20.0 Å². The molecular formula is C25H24ClN5O3. The van der Waals surface area contributed by atoms with E-state index < -0.39 is 5.91 Å². The van der Waals surface area contributed by atoms with Gasteiger partial charge in [-0.1, -0.05) is 48.0 Å². The molecule has 0 aliphatic heterocycles. The number of methoxy groups -OCH3 is 1. The first-order chi connectivity index (χ1) is 16.5. The van der Waals surface area contributed by atoms with Crippen molar-refractivity contribution >= 4 is 40.0 Å². The summed E-state index contributed by atoms with van der Waals surface area (Å²) in [6.45, 7) is 2.89. The molecule has 4 rings (SSSR count). The summed E-state index contributed by atoms with van der Waals surface area (Å²) in [7, 11) is 1.56. The third-order valence-electron chi connectivity index (χ3n) is 5.40. The van der Waals surface area contributed by atoms with Crippen molar-refractivity contribution in [2.24, 2.45) is 0 Å². The number of anilines is 1. The summed E-state index contributed by atoms with van der Waals surface area (Å²) in [5, 5.41) is 11.6. The van der Waals surface area contributed by atoms with Gasteiger partial charge in [0.25, 0.3) is 5.91 Å². The molecule has 1 amide bonds. The number of pyridine rings is 1. The molecule has 8 nitrogen and oxygen atoms in total. The summed E-state index contributed by atoms with van der Waals surface area (Å²) in [4.78, 5) is 29.9. The Hall–Kier alpha value is -3.91. The number of aryl methyl sites for hydroxylation is 1. The number of Topliss-reactive ketones (excluding diaryl/α,β-unsaturated/α-hetero) is 1. The summed E-state index contributed by atoms with van der Waals surface area (Å²) in [6, 6.07) is 14.3. The molecule has 0 fully saturated rings. The third kappa shape index (κ3) is 4.87. The van der Waals surface area contributed by atoms with E-state index in [1.165, 1.54) is 6.20 Å². The van der Waals surface area contributed by atoms with E-state index in [4.69, 9.17) is 16.3 Å². The number of hydrogen-bond acceptors (Lipinski definition) is 6. The van der Waals surface area contributed by atoms with Crippen LogP contribution in [0.15, 0.2) is 60.9 Å². The minimum atomic E-state index is -0.404. The van der Waals surface area contributed by atoms with E-state index in [9.17, 15) is 9.59 Å². The van der Waals surface area contributed by atoms with E-state index in [0.29, 0.717) is 51.7 Å². The van der Waals surface area contributed by atoms with Gasteiger partial charge < -0.3 is 15.4 Å². The lowest BCUT2D eigenvalue weighted by Crippen LogP contribution is -2.30. The monoisotopic (exact) mass is 477 g/mol. The molecule has 0 atom stereocenters. The van der Waals surface area contributed by atoms with Crippen molar-refractivity contribution in [3.63, 3.8) is 0 Å². The highest BCUT2D eigenvalue weighted by Crippen LogP contribution is 2.28. The first-order valence-electron chi connectivity index (χ1n) is 10.8. The number of carbonyl (C=O) groups excluding carboxylic acids is 2. The Balaban J connectivity index is 1.59. The normalized spacial score (nSPS) is 10.8. The molecule has 2 heterocycles. The van der Waals surface area contributed by atoms with Crippen molar-refractivity contribution in [1.29, 1.82) is 0 Å². The molecule has 174 valence electrons. The summed E-state index contributed by atoms with van der Waals surface area (Å²) in [5.41, 5.74) is 3.01. The van der Waals surface area contributed by atoms with Crippen LogP contribution in [0.25, 0.3) is 11.0 Å². The first kappa shape index (κ1) is 23.3. The second-order valence-electron chi connectivity index (χ2n) is 7.54. The van der Waals surface area contributed by atoms with Crippen LogP contribution in [0.2, 0.25) is 5.02 Å². The van der Waals surface area contributed by atoms with Crippen LogP contribution in [0, 0.1) is 0 Å². The second-order valence-corrected chi connectivity index (χ2v) is 7.95. The fraction of sp³-hybridized carbons (Fsp3) is 0.200. The van der Waals surface area contributed by atoms with Crippen molar-refractivity contribution in [3.8, 4) is 5.75 Å². The van der Waals surface area contributed by atoms with Crippen LogP contribution in [0.3, 0.4) is 0 Å². The van der Waals surface area contributed by atoms with Crippen molar-refractivity contribution < 1.29 is 14.3 Å². The van der Waals surface area contributed by atoms with Gasteiger partial charge in [0.15, 0.2) is 11.4 Å². The number of amides is 1. The van der Waals surface area contributed by atoms with E-state index in [1.54, 1.807) is 54.4 Å². The van der Waals surface area contributed by atoms with Crippen molar-refractivity contribution in [1.82, 2.24) is 20.1 Å². The summed E-state index contributed by atoms with van der Waals surface area (Å²) < 4.78 is 6.97. The summed E-state index contributed by atoms with van der Waals surface area (Å²) in [6.07, 6.45) is 3.18. The lowest BCUT2D eigenvalue weighted by Gasteiger charge is -2.14. The van der Waals surface area contributed by atoms with E-state index >= 15 is 0 Å². The number of benzene rings is 2. The number of rotatable bonds is 9. The van der Waals surface area contributed by atoms with Crippen LogP contribution in [0.4, 0.5) is 5.69 Å². The minimum Gasteiger partial charge on any atom is -0.495 e. The molecule has 0 saturated heterocycles. The van der Waals surface area contributed by atoms with Crippen LogP contribution in [0.1, 0.15) is 33.2 Å². The zero-order valence-corrected chi connectivity index (χ0v) is 19.6. The standard InChI is InChI=1S/C25H24ClN5O3/c1-3-31-24-18(14-30-31)23(27-12-16-9-10-22(34-2)20(26)11-16)19(13-28-24)25(33)29-15-21(32)17-7-5-4-6-8-17/h4-11,13-14H,3,12,15H2,1-2H3,(H,27,28)(H,29,33). The Kier molecular flexibility index (Phi) is 7.08. The highest BCUT2D eigenvalue weighted by molar-refractivity contribution is 6.32. The van der Waals surface area contributed by atoms with Crippen LogP contribution >= 0.6 is 11.6 Å². The third-order valence-corrected chi connectivity index (χ3v) is 5.70. The van der Waals surface area contributed by atoms with Crippen molar-refractivity contribution in [2.75, 3.05) is 19.0 Å². The number of ether oxygens (including phenoxy) is 1. The molecule has 0 unspecified atom stereocenters. The number of nitrogens with zero attached hydrogens (tertiary/aromatic N) is 3. The Bertz CT molecular complexity index is 1340. The largest absolute Gasteiger partial charge is 0.495 e. The predicted octanol–water partition coefficient (Wildman–Crippen LogP) is 4.34. The molecule has 0 radical (unpaired) electrons. The van der Waals surface area contributed by atoms with E-state index in [2.05, 4.69) is 20.7 Å². The average molecular weight is 478 g/mol. The van der Waals surface area contributed by atoms with Gasteiger partial charge in [0, 0.05) is 24.8 Å². The van der Waals surface area contributed by atoms with E-state index in [-0.39, 0.29) is 12.3 Å². The number of carbonyl (C=O) groups is 2. The topological polar surface area (TPSA) is 98.1 Å². The van der Waals surface area contributed by atoms with Gasteiger partial charge in [0.1, 0.15) is 5.75 Å². The Morgan fingerprint density at radius 3 is 2.62 bits per heavy atom. The molecule has 2 aromatic heterocycles. The maximum Gasteiger partial charge on any atom is 0.255 e. The Labute approximate surface area is 201 Å². The second kappa shape index (κ2) is 10.4. The molecule has 2 aromatic carbocycles. The Morgan fingerprint density at radius 2 is 1.91 bits per heavy atom. The van der Waals surface area contributed by atoms with Gasteiger partial charge in [-0.3, -0.25) is 9.59 Å². The predicted molar refractivity (Wildman–Crippen MR) is 132 cm³/mol. The van der Waals surface area contributed by atoms with Crippen molar-refractivity contribution in [3.05, 3.63) is 82.6 Å². The number of hydrogen-bond donors (Lipinski definition) is 2. The highest BCUT2D eigenvalue weighted by Gasteiger charge is 2.19. The van der Waals surface area contributed by atoms with Crippen LogP contribution in [-0.2, 0) is 13.1 Å². The van der Waals surface area contributed by atoms with Gasteiger partial charge in [-0.2, -0.15) is 5.10 Å². The molecular weight excluding hydrogens is 454 g/mol. The van der Waals surface area contributed by atoms with E-state index in [1.807, 2.05) is 19.1 Å². The molecule has 0 aliphatic carbocycles. The minimum absolute atomic E-state index is 0.122. The van der Waals surface area contributed by atoms with Gasteiger partial charge in [0.05, 0.1) is 41.5 Å². The van der Waals surface area contributed by atoms with Gasteiger partial charge in [-0.25, -0.2) is 9.67 Å². The first-order valence-corrected chi connectivity index (χ1v) is 11.2. The zero-order valence-electron chi connectivity index (χ0n) is 18.8. The van der Waals surface area contributed by atoms with E-state index in [0.717, 1.165) is 5.56 Å². The quantitative estimate of drug-likeness (QED) is 0.348. The molecule has 0 saturated carbocycles. The number of fused-ring (bicyclic) bond motifs is 1. The highest BCUT2D eigenvalue weighted by atomic mass is 35.5. The lowest BCUT2D eigenvalue weighted by atomic mass is 10.1. The van der Waals surface area contributed by atoms with Crippen LogP contribution in [0.5, 0.6) is 5.75 Å². The number of nitrogens with one attached hydrogen (secondary N) is 2. The molecule has 0 bridgehead atoms. The number of halogens is 1. The molecule has 0 aliphatic rings. The summed E-state index contributed by atoms with van der Waals surface area (Å²) >= 11 is 6.26. The maximum absolute atomic E-state index is 13.1. The van der Waals surface area contributed by atoms with Gasteiger partial charge in [-0.05, 0) is 24.6 Å². The fourth-order valence-corrected chi connectivity index (χ4v) is 3.89. The van der Waals surface area contributed by atoms with Crippen LogP contribution < -0.4 is 15.4 Å². The lowest BCUT2D eigenvalue weighted by molar-refractivity contribution is 0.0904. The molecule has 34 heavy (non-hydrogen) atoms. The zero-order chi connectivity index (χ0) is 24.1. The average Bonchev–Trinajstić information content (AvgIpc) is 3.29. The maximum atomic E-state index is 13.1. The molecule has 2 N–H and O–H groups in total. The number of aromatic nitrogens is 3. The fourth-order valence-electron chi connectivity index (χ4n) is 3.61. The van der Waals surface area contributed by atoms with Gasteiger partial charge in [0.2, 0.25) is 0 Å². The molecule has 4 aromatic rings.